The number of carbonyl (C=O) groups is 1. The predicted molar refractivity (Wildman–Crippen MR) is 98.6 cm³/mol. The average molecular weight is 339 g/mol. The van der Waals surface area contributed by atoms with Gasteiger partial charge >= 0.3 is 0 Å². The van der Waals surface area contributed by atoms with Crippen molar-refractivity contribution < 1.29 is 9.53 Å². The van der Waals surface area contributed by atoms with E-state index in [1.54, 1.807) is 11.8 Å². The van der Waals surface area contributed by atoms with Gasteiger partial charge in [0, 0.05) is 27.5 Å². The first-order chi connectivity index (χ1) is 11.6. The maximum absolute atomic E-state index is 12.2. The van der Waals surface area contributed by atoms with Crippen LogP contribution in [0.15, 0.2) is 63.9 Å². The number of carbonyl (C=O) groups excluding carboxylic acids is 1. The van der Waals surface area contributed by atoms with Crippen molar-refractivity contribution in [2.45, 2.75) is 30.1 Å². The fraction of sp³-hybridized carbons (Fsp3) is 0.250. The lowest BCUT2D eigenvalue weighted by Gasteiger charge is -2.13. The Bertz CT molecular complexity index is 766. The number of rotatable bonds is 4. The van der Waals surface area contributed by atoms with Crippen molar-refractivity contribution in [2.24, 2.45) is 0 Å². The molecule has 0 saturated heterocycles. The minimum atomic E-state index is -0.0342. The summed E-state index contributed by atoms with van der Waals surface area (Å²) >= 11 is 1.74. The highest BCUT2D eigenvalue weighted by atomic mass is 32.2. The van der Waals surface area contributed by atoms with Crippen molar-refractivity contribution in [2.75, 3.05) is 18.5 Å². The second kappa shape index (κ2) is 7.69. The predicted octanol–water partition coefficient (Wildman–Crippen LogP) is 4.74. The molecule has 1 amide bonds. The normalized spacial score (nSPS) is 14.2. The van der Waals surface area contributed by atoms with Crippen LogP contribution in [0.1, 0.15) is 17.5 Å². The van der Waals surface area contributed by atoms with Gasteiger partial charge in [0.05, 0.1) is 13.2 Å². The highest BCUT2D eigenvalue weighted by Crippen LogP contribution is 2.31. The molecular weight excluding hydrogens is 318 g/mol. The Morgan fingerprint density at radius 1 is 1.12 bits per heavy atom. The summed E-state index contributed by atoms with van der Waals surface area (Å²) in [4.78, 5) is 14.6. The number of amides is 1. The third-order valence-corrected chi connectivity index (χ3v) is 5.11. The van der Waals surface area contributed by atoms with Gasteiger partial charge in [0.15, 0.2) is 0 Å². The van der Waals surface area contributed by atoms with E-state index in [0.717, 1.165) is 16.2 Å². The standard InChI is InChI=1S/C20H21NO2S/c1-14-3-8-19(15(2)13-14)24-18-6-4-17(5-7-18)21-20(22)16-9-11-23-12-10-16/h3-9,13H,10-12H2,1-2H3,(H,21,22). The van der Waals surface area contributed by atoms with Gasteiger partial charge in [-0.3, -0.25) is 4.79 Å². The highest BCUT2D eigenvalue weighted by molar-refractivity contribution is 7.99. The second-order valence-corrected chi connectivity index (χ2v) is 7.02. The summed E-state index contributed by atoms with van der Waals surface area (Å²) in [5.74, 6) is -0.0342. The van der Waals surface area contributed by atoms with Crippen molar-refractivity contribution in [3.8, 4) is 0 Å². The molecule has 124 valence electrons. The molecule has 0 aromatic heterocycles. The van der Waals surface area contributed by atoms with E-state index < -0.39 is 0 Å². The fourth-order valence-electron chi connectivity index (χ4n) is 2.59. The zero-order valence-electron chi connectivity index (χ0n) is 14.0. The lowest BCUT2D eigenvalue weighted by atomic mass is 10.1. The summed E-state index contributed by atoms with van der Waals surface area (Å²) in [6, 6.07) is 14.5. The van der Waals surface area contributed by atoms with Crippen LogP contribution in [0, 0.1) is 13.8 Å². The summed E-state index contributed by atoms with van der Waals surface area (Å²) in [6.07, 6.45) is 2.52. The molecule has 1 N–H and O–H groups in total. The average Bonchev–Trinajstić information content (AvgIpc) is 2.60. The molecule has 4 heteroatoms. The molecule has 24 heavy (non-hydrogen) atoms. The maximum atomic E-state index is 12.2. The van der Waals surface area contributed by atoms with Crippen LogP contribution in [0.2, 0.25) is 0 Å². The molecule has 0 radical (unpaired) electrons. The van der Waals surface area contributed by atoms with Gasteiger partial charge < -0.3 is 10.1 Å². The van der Waals surface area contributed by atoms with Crippen molar-refractivity contribution in [3.63, 3.8) is 0 Å². The minimum absolute atomic E-state index is 0.0342. The molecule has 1 heterocycles. The number of nitrogens with one attached hydrogen (secondary N) is 1. The van der Waals surface area contributed by atoms with Gasteiger partial charge in [-0.05, 0) is 49.7 Å². The Hall–Kier alpha value is -2.04. The van der Waals surface area contributed by atoms with Crippen LogP contribution < -0.4 is 5.32 Å². The quantitative estimate of drug-likeness (QED) is 0.874. The van der Waals surface area contributed by atoms with Crippen molar-refractivity contribution in [1.82, 2.24) is 0 Å². The molecular formula is C20H21NO2S. The number of hydrogen-bond acceptors (Lipinski definition) is 3. The van der Waals surface area contributed by atoms with Crippen molar-refractivity contribution in [1.29, 1.82) is 0 Å². The SMILES string of the molecule is Cc1ccc(Sc2ccc(NC(=O)C3=CCOCC3)cc2)c(C)c1. The van der Waals surface area contributed by atoms with Gasteiger partial charge in [-0.15, -0.1) is 0 Å². The first-order valence-electron chi connectivity index (χ1n) is 8.05. The van der Waals surface area contributed by atoms with Crippen LogP contribution in [0.5, 0.6) is 0 Å². The van der Waals surface area contributed by atoms with E-state index in [1.165, 1.54) is 16.0 Å². The van der Waals surface area contributed by atoms with Crippen LogP contribution in [-0.4, -0.2) is 19.1 Å². The van der Waals surface area contributed by atoms with E-state index in [1.807, 2.05) is 30.3 Å². The summed E-state index contributed by atoms with van der Waals surface area (Å²) in [7, 11) is 0. The van der Waals surface area contributed by atoms with Gasteiger partial charge in [-0.2, -0.15) is 0 Å². The topological polar surface area (TPSA) is 38.3 Å². The third-order valence-electron chi connectivity index (χ3n) is 3.93. The number of hydrogen-bond donors (Lipinski definition) is 1. The van der Waals surface area contributed by atoms with E-state index in [4.69, 9.17) is 4.74 Å². The number of benzene rings is 2. The lowest BCUT2D eigenvalue weighted by Crippen LogP contribution is -2.18. The molecule has 2 aromatic rings. The molecule has 0 unspecified atom stereocenters. The van der Waals surface area contributed by atoms with Gasteiger partial charge in [-0.25, -0.2) is 0 Å². The molecule has 2 aromatic carbocycles. The zero-order valence-corrected chi connectivity index (χ0v) is 14.8. The second-order valence-electron chi connectivity index (χ2n) is 5.90. The van der Waals surface area contributed by atoms with Gasteiger partial charge in [0.1, 0.15) is 0 Å². The van der Waals surface area contributed by atoms with Crippen LogP contribution in [-0.2, 0) is 9.53 Å². The Morgan fingerprint density at radius 2 is 1.92 bits per heavy atom. The fourth-order valence-corrected chi connectivity index (χ4v) is 3.47. The molecule has 1 aliphatic heterocycles. The lowest BCUT2D eigenvalue weighted by molar-refractivity contribution is -0.113. The number of ether oxygens (including phenoxy) is 1. The van der Waals surface area contributed by atoms with E-state index >= 15 is 0 Å². The van der Waals surface area contributed by atoms with Crippen LogP contribution in [0.4, 0.5) is 5.69 Å². The molecule has 0 saturated carbocycles. The number of anilines is 1. The number of aryl methyl sites for hydroxylation is 2. The van der Waals surface area contributed by atoms with Crippen LogP contribution in [0.3, 0.4) is 0 Å². The molecule has 3 nitrogen and oxygen atoms in total. The molecule has 0 bridgehead atoms. The van der Waals surface area contributed by atoms with Crippen molar-refractivity contribution >= 4 is 23.4 Å². The summed E-state index contributed by atoms with van der Waals surface area (Å²) in [5, 5.41) is 2.95. The van der Waals surface area contributed by atoms with E-state index in [2.05, 4.69) is 37.4 Å². The minimum Gasteiger partial charge on any atom is -0.377 e. The Balaban J connectivity index is 1.64. The molecule has 0 spiro atoms. The van der Waals surface area contributed by atoms with Crippen LogP contribution >= 0.6 is 11.8 Å². The molecule has 0 fully saturated rings. The monoisotopic (exact) mass is 339 g/mol. The summed E-state index contributed by atoms with van der Waals surface area (Å²) in [6.45, 7) is 5.37. The third kappa shape index (κ3) is 4.28. The van der Waals surface area contributed by atoms with Gasteiger partial charge in [0.2, 0.25) is 0 Å². The van der Waals surface area contributed by atoms with Gasteiger partial charge in [-0.1, -0.05) is 35.5 Å². The van der Waals surface area contributed by atoms with Gasteiger partial charge in [0.25, 0.3) is 5.91 Å². The molecule has 1 aliphatic rings. The smallest absolute Gasteiger partial charge is 0.251 e. The van der Waals surface area contributed by atoms with E-state index in [9.17, 15) is 4.79 Å². The molecule has 0 aliphatic carbocycles. The van der Waals surface area contributed by atoms with E-state index in [0.29, 0.717) is 19.6 Å². The summed E-state index contributed by atoms with van der Waals surface area (Å²) < 4.78 is 5.23. The Morgan fingerprint density at radius 3 is 2.58 bits per heavy atom. The zero-order chi connectivity index (χ0) is 16.9. The molecule has 0 atom stereocenters. The summed E-state index contributed by atoms with van der Waals surface area (Å²) in [5.41, 5.74) is 4.17. The Kier molecular flexibility index (Phi) is 5.38. The maximum Gasteiger partial charge on any atom is 0.251 e. The first-order valence-corrected chi connectivity index (χ1v) is 8.87. The molecule has 3 rings (SSSR count). The largest absolute Gasteiger partial charge is 0.377 e. The van der Waals surface area contributed by atoms with Crippen molar-refractivity contribution in [3.05, 3.63) is 65.2 Å². The Labute approximate surface area is 147 Å². The van der Waals surface area contributed by atoms with Crippen LogP contribution in [0.25, 0.3) is 0 Å². The highest BCUT2D eigenvalue weighted by Gasteiger charge is 2.12. The van der Waals surface area contributed by atoms with E-state index in [-0.39, 0.29) is 5.91 Å². The first kappa shape index (κ1) is 16.8.